The summed E-state index contributed by atoms with van der Waals surface area (Å²) < 4.78 is 71.1. The van der Waals surface area contributed by atoms with Crippen LogP contribution in [0, 0.1) is 0 Å². The zero-order valence-electron chi connectivity index (χ0n) is 17.6. The SMILES string of the molecule is O=S(Nc1ccncn1)c1ccc2c(-c3ccc(C(F)(F)F)cc3C3(F)CNC3)cccc2c1. The molecule has 1 unspecified atom stereocenters. The Kier molecular flexibility index (Phi) is 5.57. The molecule has 1 aliphatic rings. The van der Waals surface area contributed by atoms with Gasteiger partial charge in [-0.25, -0.2) is 18.6 Å². The number of hydrogen-bond donors (Lipinski definition) is 2. The summed E-state index contributed by atoms with van der Waals surface area (Å²) in [7, 11) is -1.60. The minimum atomic E-state index is -4.57. The smallest absolute Gasteiger partial charge is 0.310 e. The predicted molar refractivity (Wildman–Crippen MR) is 122 cm³/mol. The van der Waals surface area contributed by atoms with Crippen molar-refractivity contribution in [2.24, 2.45) is 0 Å². The summed E-state index contributed by atoms with van der Waals surface area (Å²) >= 11 is 0. The van der Waals surface area contributed by atoms with Gasteiger partial charge < -0.3 is 5.32 Å². The van der Waals surface area contributed by atoms with Gasteiger partial charge >= 0.3 is 6.18 Å². The van der Waals surface area contributed by atoms with Crippen molar-refractivity contribution in [2.75, 3.05) is 17.8 Å². The summed E-state index contributed by atoms with van der Waals surface area (Å²) in [4.78, 5) is 8.30. The molecule has 1 atom stereocenters. The lowest BCUT2D eigenvalue weighted by Crippen LogP contribution is -2.54. The van der Waals surface area contributed by atoms with Crippen molar-refractivity contribution in [1.29, 1.82) is 0 Å². The van der Waals surface area contributed by atoms with Gasteiger partial charge in [-0.1, -0.05) is 30.3 Å². The number of fused-ring (bicyclic) bond motifs is 1. The molecular weight excluding hydrogens is 468 g/mol. The lowest BCUT2D eigenvalue weighted by Gasteiger charge is -2.37. The molecule has 1 aliphatic heterocycles. The lowest BCUT2D eigenvalue weighted by molar-refractivity contribution is -0.137. The summed E-state index contributed by atoms with van der Waals surface area (Å²) in [6, 6.07) is 15.2. The van der Waals surface area contributed by atoms with Crippen LogP contribution in [0.5, 0.6) is 0 Å². The zero-order chi connectivity index (χ0) is 23.9. The molecule has 1 saturated heterocycles. The van der Waals surface area contributed by atoms with Crippen LogP contribution in [0.25, 0.3) is 21.9 Å². The van der Waals surface area contributed by atoms with E-state index in [4.69, 9.17) is 0 Å². The summed E-state index contributed by atoms with van der Waals surface area (Å²) in [5.74, 6) is 0.402. The Morgan fingerprint density at radius 3 is 2.50 bits per heavy atom. The third kappa shape index (κ3) is 4.14. The van der Waals surface area contributed by atoms with Crippen molar-refractivity contribution in [3.05, 3.63) is 84.3 Å². The molecule has 34 heavy (non-hydrogen) atoms. The van der Waals surface area contributed by atoms with E-state index in [0.717, 1.165) is 17.5 Å². The Bertz CT molecular complexity index is 1390. The van der Waals surface area contributed by atoms with Crippen LogP contribution in [0.2, 0.25) is 0 Å². The Hall–Kier alpha value is -3.37. The van der Waals surface area contributed by atoms with Gasteiger partial charge in [0.25, 0.3) is 0 Å². The standard InChI is InChI=1S/C24H18F4N4OS/c25-23(12-30-13-23)21-11-16(24(26,27)28)4-6-20(21)19-3-1-2-15-10-17(5-7-18(15)19)34(33)32-22-8-9-29-14-31-22/h1-11,14,30H,12-13H2,(H,29,31,32). The van der Waals surface area contributed by atoms with Crippen LogP contribution in [-0.4, -0.2) is 27.3 Å². The second kappa shape index (κ2) is 8.44. The molecule has 0 amide bonds. The van der Waals surface area contributed by atoms with Crippen molar-refractivity contribution in [1.82, 2.24) is 15.3 Å². The van der Waals surface area contributed by atoms with Crippen LogP contribution in [-0.2, 0) is 22.8 Å². The highest BCUT2D eigenvalue weighted by molar-refractivity contribution is 7.86. The van der Waals surface area contributed by atoms with E-state index in [9.17, 15) is 17.4 Å². The number of anilines is 1. The van der Waals surface area contributed by atoms with Gasteiger partial charge in [-0.05, 0) is 52.2 Å². The van der Waals surface area contributed by atoms with Gasteiger partial charge in [-0.2, -0.15) is 13.2 Å². The van der Waals surface area contributed by atoms with Crippen molar-refractivity contribution in [3.8, 4) is 11.1 Å². The minimum Gasteiger partial charge on any atom is -0.310 e. The molecule has 0 bridgehead atoms. The van der Waals surface area contributed by atoms with Crippen LogP contribution in [0.15, 0.2) is 78.1 Å². The fourth-order valence-electron chi connectivity index (χ4n) is 3.98. The van der Waals surface area contributed by atoms with Gasteiger partial charge in [0.05, 0.1) is 10.5 Å². The van der Waals surface area contributed by atoms with Crippen LogP contribution in [0.1, 0.15) is 11.1 Å². The number of rotatable bonds is 5. The average Bonchev–Trinajstić information content (AvgIpc) is 2.81. The largest absolute Gasteiger partial charge is 0.416 e. The molecule has 1 fully saturated rings. The van der Waals surface area contributed by atoms with E-state index in [0.29, 0.717) is 27.2 Å². The number of alkyl halides is 4. The highest BCUT2D eigenvalue weighted by atomic mass is 32.2. The van der Waals surface area contributed by atoms with Crippen LogP contribution >= 0.6 is 0 Å². The van der Waals surface area contributed by atoms with Gasteiger partial charge in [-0.3, -0.25) is 4.72 Å². The minimum absolute atomic E-state index is 0.00616. The van der Waals surface area contributed by atoms with Gasteiger partial charge in [0.2, 0.25) is 0 Å². The van der Waals surface area contributed by atoms with Gasteiger partial charge in [0, 0.05) is 24.8 Å². The summed E-state index contributed by atoms with van der Waals surface area (Å²) in [6.45, 7) is -0.103. The molecule has 1 aromatic heterocycles. The molecule has 3 aromatic carbocycles. The Labute approximate surface area is 194 Å². The maximum absolute atomic E-state index is 15.4. The van der Waals surface area contributed by atoms with Crippen LogP contribution in [0.4, 0.5) is 23.4 Å². The fourth-order valence-corrected chi connectivity index (χ4v) is 4.83. The second-order valence-electron chi connectivity index (χ2n) is 7.98. The molecule has 0 spiro atoms. The third-order valence-corrected chi connectivity index (χ3v) is 6.85. The molecule has 0 aliphatic carbocycles. The topological polar surface area (TPSA) is 66.9 Å². The first-order chi connectivity index (χ1) is 16.2. The van der Waals surface area contributed by atoms with E-state index in [1.807, 2.05) is 6.07 Å². The molecule has 174 valence electrons. The molecule has 0 radical (unpaired) electrons. The van der Waals surface area contributed by atoms with Gasteiger partial charge in [0.1, 0.15) is 12.1 Å². The summed E-state index contributed by atoms with van der Waals surface area (Å²) in [5, 5.41) is 4.24. The number of benzene rings is 3. The van der Waals surface area contributed by atoms with Crippen molar-refractivity contribution < 1.29 is 21.8 Å². The Morgan fingerprint density at radius 1 is 1.00 bits per heavy atom. The number of halogens is 4. The highest BCUT2D eigenvalue weighted by Gasteiger charge is 2.42. The normalized spacial score (nSPS) is 16.1. The first-order valence-electron chi connectivity index (χ1n) is 10.3. The van der Waals surface area contributed by atoms with Crippen molar-refractivity contribution in [3.63, 3.8) is 0 Å². The van der Waals surface area contributed by atoms with Crippen molar-refractivity contribution in [2.45, 2.75) is 16.7 Å². The zero-order valence-corrected chi connectivity index (χ0v) is 18.4. The van der Waals surface area contributed by atoms with E-state index in [1.165, 1.54) is 18.6 Å². The van der Waals surface area contributed by atoms with E-state index in [-0.39, 0.29) is 18.7 Å². The monoisotopic (exact) mass is 486 g/mol. The maximum Gasteiger partial charge on any atom is 0.416 e. The highest BCUT2D eigenvalue weighted by Crippen LogP contribution is 2.42. The first kappa shape index (κ1) is 22.4. The molecule has 2 heterocycles. The second-order valence-corrected chi connectivity index (χ2v) is 9.19. The molecule has 5 nitrogen and oxygen atoms in total. The maximum atomic E-state index is 15.4. The van der Waals surface area contributed by atoms with Crippen LogP contribution < -0.4 is 10.0 Å². The molecule has 10 heteroatoms. The number of aromatic nitrogens is 2. The van der Waals surface area contributed by atoms with E-state index < -0.39 is 28.4 Å². The number of nitrogens with zero attached hydrogens (tertiary/aromatic N) is 2. The molecular formula is C24H18F4N4OS. The Balaban J connectivity index is 1.58. The number of nitrogens with one attached hydrogen (secondary N) is 2. The third-order valence-electron chi connectivity index (χ3n) is 5.78. The molecule has 4 aromatic rings. The van der Waals surface area contributed by atoms with Crippen LogP contribution in [0.3, 0.4) is 0 Å². The van der Waals surface area contributed by atoms with Crippen molar-refractivity contribution >= 4 is 27.6 Å². The lowest BCUT2D eigenvalue weighted by atomic mass is 9.82. The van der Waals surface area contributed by atoms with Gasteiger partial charge in [0.15, 0.2) is 16.7 Å². The summed E-state index contributed by atoms with van der Waals surface area (Å²) in [5.41, 5.74) is -1.76. The predicted octanol–water partition coefficient (Wildman–Crippen LogP) is 5.22. The molecule has 0 saturated carbocycles. The molecule has 5 rings (SSSR count). The van der Waals surface area contributed by atoms with Gasteiger partial charge in [-0.15, -0.1) is 0 Å². The van der Waals surface area contributed by atoms with E-state index in [1.54, 1.807) is 36.4 Å². The summed E-state index contributed by atoms with van der Waals surface area (Å²) in [6.07, 6.45) is -1.71. The fraction of sp³-hybridized carbons (Fsp3) is 0.167. The van der Waals surface area contributed by atoms with E-state index >= 15 is 4.39 Å². The Morgan fingerprint density at radius 2 is 1.82 bits per heavy atom. The average molecular weight is 486 g/mol. The first-order valence-corrected chi connectivity index (χ1v) is 11.5. The quantitative estimate of drug-likeness (QED) is 0.380. The van der Waals surface area contributed by atoms with E-state index in [2.05, 4.69) is 20.0 Å². The molecule has 2 N–H and O–H groups in total. The number of hydrogen-bond acceptors (Lipinski definition) is 4.